The van der Waals surface area contributed by atoms with E-state index in [1.807, 2.05) is 6.21 Å². The monoisotopic (exact) mass is 151 g/mol. The highest BCUT2D eigenvalue weighted by molar-refractivity contribution is 5.78. The van der Waals surface area contributed by atoms with Gasteiger partial charge < -0.3 is 0 Å². The summed E-state index contributed by atoms with van der Waals surface area (Å²) in [6.07, 6.45) is 6.08. The second kappa shape index (κ2) is 6.86. The van der Waals surface area contributed by atoms with Gasteiger partial charge in [-0.2, -0.15) is 0 Å². The van der Waals surface area contributed by atoms with Crippen molar-refractivity contribution in [3.05, 3.63) is 12.8 Å². The van der Waals surface area contributed by atoms with Gasteiger partial charge in [-0.25, -0.2) is 15.0 Å². The summed E-state index contributed by atoms with van der Waals surface area (Å²) < 4.78 is 0. The normalized spacial score (nSPS) is 12.6. The molecule has 3 nitrogen and oxygen atoms in total. The van der Waals surface area contributed by atoms with Gasteiger partial charge in [0.25, 0.3) is 0 Å². The summed E-state index contributed by atoms with van der Waals surface area (Å²) in [6.45, 7) is 7.50. The van der Waals surface area contributed by atoms with Crippen molar-refractivity contribution in [3.8, 4) is 0 Å². The summed E-state index contributed by atoms with van der Waals surface area (Å²) in [4.78, 5) is 11.3. The molecular weight excluding hydrogens is 138 g/mol. The average molecular weight is 151 g/mol. The lowest BCUT2D eigenvalue weighted by molar-refractivity contribution is 0.909. The third-order valence-corrected chi connectivity index (χ3v) is 0.756. The van der Waals surface area contributed by atoms with E-state index < -0.39 is 0 Å². The fourth-order valence-electron chi connectivity index (χ4n) is 0.365. The molecule has 0 fully saturated rings. The molecule has 0 heterocycles. The molecule has 0 saturated heterocycles. The Hall–Kier alpha value is -1.25. The van der Waals surface area contributed by atoms with E-state index in [4.69, 9.17) is 0 Å². The van der Waals surface area contributed by atoms with Crippen molar-refractivity contribution in [1.82, 2.24) is 0 Å². The Bertz CT molecular complexity index is 178. The zero-order valence-corrected chi connectivity index (χ0v) is 6.94. The van der Waals surface area contributed by atoms with Gasteiger partial charge in [-0.3, -0.25) is 0 Å². The first-order valence-corrected chi connectivity index (χ1v) is 3.45. The average Bonchev–Trinajstić information content (AvgIpc) is 1.96. The van der Waals surface area contributed by atoms with Crippen LogP contribution in [0.25, 0.3) is 0 Å². The first kappa shape index (κ1) is 9.75. The lowest BCUT2D eigenvalue weighted by Gasteiger charge is -1.86. The smallest absolute Gasteiger partial charge is 0.117 e. The Kier molecular flexibility index (Phi) is 6.08. The highest BCUT2D eigenvalue weighted by Gasteiger charge is 1.80. The summed E-state index contributed by atoms with van der Waals surface area (Å²) in [5.41, 5.74) is 0. The van der Waals surface area contributed by atoms with Crippen LogP contribution in [0.3, 0.4) is 0 Å². The van der Waals surface area contributed by atoms with Crippen LogP contribution in [-0.2, 0) is 0 Å². The minimum absolute atomic E-state index is 0.456. The molecule has 60 valence electrons. The summed E-state index contributed by atoms with van der Waals surface area (Å²) in [7, 11) is 0. The van der Waals surface area contributed by atoms with E-state index in [0.29, 0.717) is 5.92 Å². The first-order valence-electron chi connectivity index (χ1n) is 3.45. The molecule has 0 atom stereocenters. The maximum Gasteiger partial charge on any atom is 0.117 e. The molecule has 0 N–H and O–H groups in total. The molecule has 11 heavy (non-hydrogen) atoms. The van der Waals surface area contributed by atoms with Crippen LogP contribution in [0, 0.1) is 5.92 Å². The SMILES string of the molecule is C=CN=CN=CN=CC(C)C. The van der Waals surface area contributed by atoms with Crippen molar-refractivity contribution in [2.24, 2.45) is 20.9 Å². The summed E-state index contributed by atoms with van der Waals surface area (Å²) >= 11 is 0. The third-order valence-electron chi connectivity index (χ3n) is 0.756. The van der Waals surface area contributed by atoms with E-state index in [9.17, 15) is 0 Å². The molecule has 0 aliphatic carbocycles. The van der Waals surface area contributed by atoms with Crippen LogP contribution in [0.1, 0.15) is 13.8 Å². The first-order chi connectivity index (χ1) is 5.27. The minimum atomic E-state index is 0.456. The molecule has 0 rings (SSSR count). The number of hydrogen-bond donors (Lipinski definition) is 0. The van der Waals surface area contributed by atoms with E-state index in [1.54, 1.807) is 0 Å². The van der Waals surface area contributed by atoms with Crippen LogP contribution < -0.4 is 0 Å². The van der Waals surface area contributed by atoms with Crippen molar-refractivity contribution >= 4 is 18.9 Å². The molecule has 0 saturated carbocycles. The molecule has 0 aromatic rings. The maximum atomic E-state index is 3.90. The van der Waals surface area contributed by atoms with Crippen LogP contribution in [0.2, 0.25) is 0 Å². The molecule has 0 unspecified atom stereocenters. The van der Waals surface area contributed by atoms with Crippen LogP contribution in [0.4, 0.5) is 0 Å². The lowest BCUT2D eigenvalue weighted by atomic mass is 10.3. The van der Waals surface area contributed by atoms with Crippen molar-refractivity contribution < 1.29 is 0 Å². The van der Waals surface area contributed by atoms with Gasteiger partial charge in [0.2, 0.25) is 0 Å². The number of aliphatic imine (C=N–C) groups is 3. The Balaban J connectivity index is 3.59. The number of rotatable bonds is 4. The summed E-state index contributed by atoms with van der Waals surface area (Å²) in [5.74, 6) is 0.456. The fraction of sp³-hybridized carbons (Fsp3) is 0.375. The fourth-order valence-corrected chi connectivity index (χ4v) is 0.365. The zero-order chi connectivity index (χ0) is 8.53. The van der Waals surface area contributed by atoms with Gasteiger partial charge in [-0.1, -0.05) is 20.4 Å². The molecule has 0 amide bonds. The van der Waals surface area contributed by atoms with Crippen molar-refractivity contribution in [1.29, 1.82) is 0 Å². The van der Waals surface area contributed by atoms with Crippen LogP contribution in [0.15, 0.2) is 27.8 Å². The van der Waals surface area contributed by atoms with E-state index in [0.717, 1.165) is 0 Å². The van der Waals surface area contributed by atoms with Crippen LogP contribution in [0.5, 0.6) is 0 Å². The highest BCUT2D eigenvalue weighted by atomic mass is 14.9. The van der Waals surface area contributed by atoms with Gasteiger partial charge in [0.15, 0.2) is 0 Å². The largest absolute Gasteiger partial charge is 0.249 e. The molecule has 0 radical (unpaired) electrons. The molecule has 0 aromatic heterocycles. The van der Waals surface area contributed by atoms with Gasteiger partial charge >= 0.3 is 0 Å². The van der Waals surface area contributed by atoms with Gasteiger partial charge in [0.05, 0.1) is 0 Å². The van der Waals surface area contributed by atoms with Crippen molar-refractivity contribution in [2.75, 3.05) is 0 Å². The topological polar surface area (TPSA) is 37.1 Å². The molecule has 0 bridgehead atoms. The van der Waals surface area contributed by atoms with Crippen LogP contribution >= 0.6 is 0 Å². The Morgan fingerprint density at radius 2 is 1.73 bits per heavy atom. The molecule has 0 aliphatic rings. The quantitative estimate of drug-likeness (QED) is 0.435. The number of hydrogen-bond acceptors (Lipinski definition) is 1. The molecule has 3 heteroatoms. The molecular formula is C8H13N3. The lowest BCUT2D eigenvalue weighted by Crippen LogP contribution is -1.86. The minimum Gasteiger partial charge on any atom is -0.249 e. The predicted molar refractivity (Wildman–Crippen MR) is 50.5 cm³/mol. The molecule has 0 aliphatic heterocycles. The van der Waals surface area contributed by atoms with E-state index in [2.05, 4.69) is 35.4 Å². The van der Waals surface area contributed by atoms with Gasteiger partial charge in [-0.05, 0) is 5.92 Å². The molecule has 0 spiro atoms. The van der Waals surface area contributed by atoms with Crippen molar-refractivity contribution in [2.45, 2.75) is 13.8 Å². The molecule has 0 aromatic carbocycles. The van der Waals surface area contributed by atoms with E-state index >= 15 is 0 Å². The van der Waals surface area contributed by atoms with E-state index in [-0.39, 0.29) is 0 Å². The van der Waals surface area contributed by atoms with E-state index in [1.165, 1.54) is 18.9 Å². The number of nitrogens with zero attached hydrogens (tertiary/aromatic N) is 3. The predicted octanol–water partition coefficient (Wildman–Crippen LogP) is 1.91. The maximum absolute atomic E-state index is 3.90. The Morgan fingerprint density at radius 3 is 2.27 bits per heavy atom. The zero-order valence-electron chi connectivity index (χ0n) is 6.94. The standard InChI is InChI=1S/C8H13N3/c1-4-9-6-11-7-10-5-8(2)3/h4-8H,1H2,2-3H3. The second-order valence-corrected chi connectivity index (χ2v) is 2.25. The Morgan fingerprint density at radius 1 is 1.09 bits per heavy atom. The second-order valence-electron chi connectivity index (χ2n) is 2.25. The Labute approximate surface area is 67.3 Å². The highest BCUT2D eigenvalue weighted by Crippen LogP contribution is 1.82. The van der Waals surface area contributed by atoms with Gasteiger partial charge in [0.1, 0.15) is 12.7 Å². The van der Waals surface area contributed by atoms with Crippen molar-refractivity contribution in [3.63, 3.8) is 0 Å². The van der Waals surface area contributed by atoms with Crippen LogP contribution in [-0.4, -0.2) is 18.9 Å². The van der Waals surface area contributed by atoms with Gasteiger partial charge in [-0.15, -0.1) is 0 Å². The van der Waals surface area contributed by atoms with Gasteiger partial charge in [0, 0.05) is 12.4 Å². The third kappa shape index (κ3) is 8.75. The summed E-state index contributed by atoms with van der Waals surface area (Å²) in [5, 5.41) is 0. The summed E-state index contributed by atoms with van der Waals surface area (Å²) in [6, 6.07) is 0.